The molecule has 3 aromatic carbocycles. The first kappa shape index (κ1) is 17.7. The highest BCUT2D eigenvalue weighted by Crippen LogP contribution is 2.37. The number of hydrogen-bond donors (Lipinski definition) is 0. The molecule has 0 unspecified atom stereocenters. The number of para-hydroxylation sites is 1. The van der Waals surface area contributed by atoms with E-state index in [0.29, 0.717) is 0 Å². The third-order valence-electron chi connectivity index (χ3n) is 5.52. The fraction of sp³-hybridized carbons (Fsp3) is 0.148. The number of nitrogens with zero attached hydrogens (tertiary/aromatic N) is 1. The fourth-order valence-electron chi connectivity index (χ4n) is 3.86. The zero-order valence-electron chi connectivity index (χ0n) is 16.9. The van der Waals surface area contributed by atoms with E-state index in [-0.39, 0.29) is 5.41 Å². The Morgan fingerprint density at radius 2 is 1.52 bits per heavy atom. The van der Waals surface area contributed by atoms with Gasteiger partial charge in [0.05, 0.1) is 5.69 Å². The van der Waals surface area contributed by atoms with Gasteiger partial charge in [-0.2, -0.15) is 0 Å². The summed E-state index contributed by atoms with van der Waals surface area (Å²) in [6.45, 7) is 6.71. The van der Waals surface area contributed by atoms with Crippen molar-refractivity contribution in [2.75, 3.05) is 0 Å². The lowest BCUT2D eigenvalue weighted by atomic mass is 9.86. The van der Waals surface area contributed by atoms with E-state index >= 15 is 0 Å². The number of furan rings is 1. The van der Waals surface area contributed by atoms with Crippen LogP contribution in [0.5, 0.6) is 0 Å². The molecule has 0 aliphatic carbocycles. The molecule has 0 radical (unpaired) electrons. The van der Waals surface area contributed by atoms with Gasteiger partial charge in [-0.05, 0) is 52.4 Å². The molecule has 0 aliphatic rings. The Hall–Kier alpha value is -3.39. The van der Waals surface area contributed by atoms with Crippen LogP contribution in [0.1, 0.15) is 26.3 Å². The van der Waals surface area contributed by atoms with Crippen molar-refractivity contribution >= 4 is 21.9 Å². The molecule has 2 heterocycles. The lowest BCUT2D eigenvalue weighted by Gasteiger charge is -2.19. The Morgan fingerprint density at radius 1 is 0.724 bits per heavy atom. The molecule has 0 spiro atoms. The van der Waals surface area contributed by atoms with Crippen molar-refractivity contribution in [1.29, 1.82) is 0 Å². The van der Waals surface area contributed by atoms with Gasteiger partial charge in [0.1, 0.15) is 11.2 Å². The number of pyridine rings is 1. The summed E-state index contributed by atoms with van der Waals surface area (Å²) in [7, 11) is 0. The zero-order valence-corrected chi connectivity index (χ0v) is 16.9. The van der Waals surface area contributed by atoms with E-state index < -0.39 is 0 Å². The summed E-state index contributed by atoms with van der Waals surface area (Å²) in [5, 5.41) is 2.26. The maximum atomic E-state index is 6.34. The molecule has 0 N–H and O–H groups in total. The lowest BCUT2D eigenvalue weighted by molar-refractivity contribution is 0.590. The minimum Gasteiger partial charge on any atom is -0.455 e. The Balaban J connectivity index is 1.63. The second-order valence-electron chi connectivity index (χ2n) is 8.54. The van der Waals surface area contributed by atoms with Crippen LogP contribution in [0, 0.1) is 0 Å². The van der Waals surface area contributed by atoms with Gasteiger partial charge in [-0.1, -0.05) is 69.3 Å². The molecule has 142 valence electrons. The predicted octanol–water partition coefficient (Wildman–Crippen LogP) is 7.61. The van der Waals surface area contributed by atoms with Gasteiger partial charge < -0.3 is 4.42 Å². The van der Waals surface area contributed by atoms with Crippen LogP contribution in [-0.2, 0) is 5.41 Å². The van der Waals surface area contributed by atoms with Crippen molar-refractivity contribution in [3.8, 4) is 22.4 Å². The van der Waals surface area contributed by atoms with E-state index in [9.17, 15) is 0 Å². The van der Waals surface area contributed by atoms with Crippen molar-refractivity contribution < 1.29 is 4.42 Å². The Labute approximate surface area is 170 Å². The van der Waals surface area contributed by atoms with Crippen LogP contribution in [0.15, 0.2) is 89.5 Å². The van der Waals surface area contributed by atoms with Gasteiger partial charge in [0.2, 0.25) is 0 Å². The van der Waals surface area contributed by atoms with Gasteiger partial charge in [-0.3, -0.25) is 4.98 Å². The number of benzene rings is 3. The van der Waals surface area contributed by atoms with Gasteiger partial charge in [-0.15, -0.1) is 0 Å². The molecular weight excluding hydrogens is 354 g/mol. The largest absolute Gasteiger partial charge is 0.455 e. The maximum absolute atomic E-state index is 6.34. The van der Waals surface area contributed by atoms with Crippen molar-refractivity contribution in [2.24, 2.45) is 0 Å². The maximum Gasteiger partial charge on any atom is 0.144 e. The molecule has 2 nitrogen and oxygen atoms in total. The lowest BCUT2D eigenvalue weighted by Crippen LogP contribution is -2.10. The highest BCUT2D eigenvalue weighted by molar-refractivity contribution is 6.10. The van der Waals surface area contributed by atoms with Crippen LogP contribution in [0.3, 0.4) is 0 Å². The summed E-state index contributed by atoms with van der Waals surface area (Å²) in [6.07, 6.45) is 1.82. The summed E-state index contributed by atoms with van der Waals surface area (Å²) < 4.78 is 6.34. The Morgan fingerprint density at radius 3 is 2.24 bits per heavy atom. The summed E-state index contributed by atoms with van der Waals surface area (Å²) in [4.78, 5) is 4.50. The van der Waals surface area contributed by atoms with Gasteiger partial charge in [0.25, 0.3) is 0 Å². The summed E-state index contributed by atoms with van der Waals surface area (Å²) >= 11 is 0. The number of rotatable bonds is 2. The number of hydrogen-bond acceptors (Lipinski definition) is 2. The Bertz CT molecular complexity index is 1310. The van der Waals surface area contributed by atoms with E-state index in [0.717, 1.165) is 38.8 Å². The first-order chi connectivity index (χ1) is 14.0. The van der Waals surface area contributed by atoms with Crippen molar-refractivity contribution in [3.63, 3.8) is 0 Å². The predicted molar refractivity (Wildman–Crippen MR) is 121 cm³/mol. The topological polar surface area (TPSA) is 26.0 Å². The van der Waals surface area contributed by atoms with Crippen LogP contribution in [-0.4, -0.2) is 4.98 Å². The summed E-state index contributed by atoms with van der Waals surface area (Å²) in [6, 6.07) is 27.5. The van der Waals surface area contributed by atoms with Gasteiger partial charge in [0, 0.05) is 22.5 Å². The number of aromatic nitrogens is 1. The fourth-order valence-corrected chi connectivity index (χ4v) is 3.86. The van der Waals surface area contributed by atoms with Crippen molar-refractivity contribution in [1.82, 2.24) is 4.98 Å². The minimum absolute atomic E-state index is 0.156. The third kappa shape index (κ3) is 3.11. The highest BCUT2D eigenvalue weighted by Gasteiger charge is 2.15. The molecular formula is C27H23NO. The minimum atomic E-state index is 0.156. The van der Waals surface area contributed by atoms with Crippen molar-refractivity contribution in [3.05, 3.63) is 90.6 Å². The first-order valence-electron chi connectivity index (χ1n) is 9.98. The molecule has 5 rings (SSSR count). The molecule has 2 aromatic heterocycles. The average molecular weight is 377 g/mol. The molecule has 2 heteroatoms. The monoisotopic (exact) mass is 377 g/mol. The normalized spacial score (nSPS) is 12.0. The molecule has 5 aromatic rings. The molecule has 0 bridgehead atoms. The smallest absolute Gasteiger partial charge is 0.144 e. The van der Waals surface area contributed by atoms with E-state index in [2.05, 4.69) is 86.4 Å². The quantitative estimate of drug-likeness (QED) is 0.316. The van der Waals surface area contributed by atoms with Gasteiger partial charge in [0.15, 0.2) is 0 Å². The average Bonchev–Trinajstić information content (AvgIpc) is 3.12. The van der Waals surface area contributed by atoms with Gasteiger partial charge >= 0.3 is 0 Å². The van der Waals surface area contributed by atoms with Gasteiger partial charge in [-0.25, -0.2) is 0 Å². The van der Waals surface area contributed by atoms with Crippen LogP contribution < -0.4 is 0 Å². The van der Waals surface area contributed by atoms with E-state index in [4.69, 9.17) is 4.42 Å². The van der Waals surface area contributed by atoms with Crippen LogP contribution in [0.2, 0.25) is 0 Å². The molecule has 0 saturated heterocycles. The summed E-state index contributed by atoms with van der Waals surface area (Å²) in [5.41, 5.74) is 7.60. The van der Waals surface area contributed by atoms with Crippen LogP contribution in [0.4, 0.5) is 0 Å². The SMILES string of the molecule is CC(C)(C)c1ccc(-c2ccc3c(c2)oc2c(-c4ccccn4)cccc23)cc1. The second kappa shape index (κ2) is 6.59. The molecule has 0 aliphatic heterocycles. The van der Waals surface area contributed by atoms with Crippen molar-refractivity contribution in [2.45, 2.75) is 26.2 Å². The second-order valence-corrected chi connectivity index (χ2v) is 8.54. The molecule has 0 amide bonds. The molecule has 29 heavy (non-hydrogen) atoms. The third-order valence-corrected chi connectivity index (χ3v) is 5.52. The first-order valence-corrected chi connectivity index (χ1v) is 9.98. The standard InChI is InChI=1S/C27H23NO/c1-27(2,3)20-13-10-18(11-14-20)19-12-15-21-22-7-6-8-23(24-9-4-5-16-28-24)26(22)29-25(21)17-19/h4-17H,1-3H3. The molecule has 0 fully saturated rings. The number of fused-ring (bicyclic) bond motifs is 3. The van der Waals surface area contributed by atoms with Crippen LogP contribution >= 0.6 is 0 Å². The summed E-state index contributed by atoms with van der Waals surface area (Å²) in [5.74, 6) is 0. The highest BCUT2D eigenvalue weighted by atomic mass is 16.3. The molecule has 0 atom stereocenters. The van der Waals surface area contributed by atoms with E-state index in [1.165, 1.54) is 11.1 Å². The van der Waals surface area contributed by atoms with E-state index in [1.54, 1.807) is 0 Å². The Kier molecular flexibility index (Phi) is 4.02. The van der Waals surface area contributed by atoms with Crippen LogP contribution in [0.25, 0.3) is 44.3 Å². The molecule has 0 saturated carbocycles. The van der Waals surface area contributed by atoms with E-state index in [1.807, 2.05) is 24.4 Å². The zero-order chi connectivity index (χ0) is 20.0.